The molecule has 6 heteroatoms. The molecule has 1 rings (SSSR count). The summed E-state index contributed by atoms with van der Waals surface area (Å²) in [4.78, 5) is 26.4. The second kappa shape index (κ2) is 7.26. The number of nitrogens with zero attached hydrogens (tertiary/aromatic N) is 1. The lowest BCUT2D eigenvalue weighted by Crippen LogP contribution is -2.38. The highest BCUT2D eigenvalue weighted by Crippen LogP contribution is 2.03. The molecule has 0 unspecified atom stereocenters. The highest BCUT2D eigenvalue weighted by Gasteiger charge is 2.05. The third-order valence-corrected chi connectivity index (χ3v) is 2.29. The summed E-state index contributed by atoms with van der Waals surface area (Å²) in [7, 11) is 0. The molecule has 1 aromatic rings. The first-order valence-electron chi connectivity index (χ1n) is 5.70. The number of hydrogen-bond acceptors (Lipinski definition) is 4. The third-order valence-electron chi connectivity index (χ3n) is 2.29. The molecule has 18 heavy (non-hydrogen) atoms. The van der Waals surface area contributed by atoms with Crippen molar-refractivity contribution in [2.24, 2.45) is 0 Å². The Morgan fingerprint density at radius 1 is 1.39 bits per heavy atom. The predicted molar refractivity (Wildman–Crippen MR) is 65.8 cm³/mol. The Morgan fingerprint density at radius 3 is 2.83 bits per heavy atom. The molecule has 2 N–H and O–H groups in total. The molecule has 0 aliphatic carbocycles. The van der Waals surface area contributed by atoms with Gasteiger partial charge in [-0.3, -0.25) is 9.78 Å². The molecular formula is C12H17N3O3. The second-order valence-corrected chi connectivity index (χ2v) is 3.64. The van der Waals surface area contributed by atoms with Gasteiger partial charge in [0.05, 0.1) is 6.61 Å². The number of esters is 1. The lowest BCUT2D eigenvalue weighted by atomic mass is 10.2. The minimum Gasteiger partial charge on any atom is -0.465 e. The van der Waals surface area contributed by atoms with E-state index in [0.717, 1.165) is 11.1 Å². The number of nitrogens with one attached hydrogen (secondary N) is 2. The first-order chi connectivity index (χ1) is 8.63. The van der Waals surface area contributed by atoms with Crippen LogP contribution in [0.3, 0.4) is 0 Å². The van der Waals surface area contributed by atoms with Crippen molar-refractivity contribution in [3.05, 3.63) is 29.6 Å². The third kappa shape index (κ3) is 4.82. The zero-order valence-corrected chi connectivity index (χ0v) is 10.5. The van der Waals surface area contributed by atoms with Gasteiger partial charge in [-0.15, -0.1) is 0 Å². The van der Waals surface area contributed by atoms with E-state index in [1.165, 1.54) is 0 Å². The SMILES string of the molecule is CCOC(=O)CNC(=O)NCc1cnccc1C. The number of rotatable bonds is 5. The summed E-state index contributed by atoms with van der Waals surface area (Å²) in [5.41, 5.74) is 1.99. The molecule has 1 aromatic heterocycles. The monoisotopic (exact) mass is 251 g/mol. The van der Waals surface area contributed by atoms with Crippen molar-refractivity contribution in [1.29, 1.82) is 0 Å². The zero-order chi connectivity index (χ0) is 13.4. The molecule has 1 heterocycles. The molecule has 0 fully saturated rings. The van der Waals surface area contributed by atoms with E-state index in [-0.39, 0.29) is 6.54 Å². The Morgan fingerprint density at radius 2 is 2.17 bits per heavy atom. The summed E-state index contributed by atoms with van der Waals surface area (Å²) in [6.45, 7) is 4.19. The van der Waals surface area contributed by atoms with Gasteiger partial charge in [-0.05, 0) is 31.0 Å². The number of hydrogen-bond donors (Lipinski definition) is 2. The minimum atomic E-state index is -0.454. The van der Waals surface area contributed by atoms with Gasteiger partial charge in [-0.25, -0.2) is 4.79 Å². The number of amides is 2. The van der Waals surface area contributed by atoms with Crippen molar-refractivity contribution in [3.8, 4) is 0 Å². The van der Waals surface area contributed by atoms with E-state index in [4.69, 9.17) is 0 Å². The molecule has 0 radical (unpaired) electrons. The number of carbonyl (C=O) groups excluding carboxylic acids is 2. The van der Waals surface area contributed by atoms with Crippen LogP contribution in [0.25, 0.3) is 0 Å². The highest BCUT2D eigenvalue weighted by molar-refractivity contribution is 5.80. The highest BCUT2D eigenvalue weighted by atomic mass is 16.5. The number of ether oxygens (including phenoxy) is 1. The molecule has 0 spiro atoms. The maximum absolute atomic E-state index is 11.4. The molecule has 0 bridgehead atoms. The van der Waals surface area contributed by atoms with Crippen LogP contribution in [0.1, 0.15) is 18.1 Å². The molecule has 6 nitrogen and oxygen atoms in total. The molecule has 0 saturated heterocycles. The van der Waals surface area contributed by atoms with Gasteiger partial charge >= 0.3 is 12.0 Å². The Hall–Kier alpha value is -2.11. The van der Waals surface area contributed by atoms with Crippen molar-refractivity contribution in [1.82, 2.24) is 15.6 Å². The van der Waals surface area contributed by atoms with Crippen LogP contribution in [-0.2, 0) is 16.1 Å². The van der Waals surface area contributed by atoms with Crippen molar-refractivity contribution < 1.29 is 14.3 Å². The number of pyridine rings is 1. The maximum atomic E-state index is 11.4. The fourth-order valence-corrected chi connectivity index (χ4v) is 1.28. The van der Waals surface area contributed by atoms with Gasteiger partial charge in [0, 0.05) is 18.9 Å². The van der Waals surface area contributed by atoms with Crippen molar-refractivity contribution in [2.75, 3.05) is 13.2 Å². The number of urea groups is 1. The molecule has 0 atom stereocenters. The van der Waals surface area contributed by atoms with Crippen molar-refractivity contribution in [3.63, 3.8) is 0 Å². The van der Waals surface area contributed by atoms with Crippen LogP contribution >= 0.6 is 0 Å². The molecule has 0 saturated carbocycles. The zero-order valence-electron chi connectivity index (χ0n) is 10.5. The maximum Gasteiger partial charge on any atom is 0.325 e. The van der Waals surface area contributed by atoms with Gasteiger partial charge in [0.1, 0.15) is 6.54 Å². The number of carbonyl (C=O) groups is 2. The van der Waals surface area contributed by atoms with Gasteiger partial charge in [0.25, 0.3) is 0 Å². The summed E-state index contributed by atoms with van der Waals surface area (Å²) in [6, 6.07) is 1.46. The van der Waals surface area contributed by atoms with Crippen molar-refractivity contribution in [2.45, 2.75) is 20.4 Å². The summed E-state index contributed by atoms with van der Waals surface area (Å²) in [5, 5.41) is 5.05. The molecule has 0 aromatic carbocycles. The Bertz CT molecular complexity index is 421. The molecule has 2 amide bonds. The minimum absolute atomic E-state index is 0.133. The number of aryl methyl sites for hydroxylation is 1. The summed E-state index contributed by atoms with van der Waals surface area (Å²) in [5.74, 6) is -0.454. The van der Waals surface area contributed by atoms with E-state index in [1.807, 2.05) is 13.0 Å². The van der Waals surface area contributed by atoms with E-state index in [1.54, 1.807) is 19.3 Å². The van der Waals surface area contributed by atoms with Gasteiger partial charge in [0.15, 0.2) is 0 Å². The van der Waals surface area contributed by atoms with E-state index in [2.05, 4.69) is 20.4 Å². The van der Waals surface area contributed by atoms with Gasteiger partial charge in [-0.2, -0.15) is 0 Å². The fraction of sp³-hybridized carbons (Fsp3) is 0.417. The van der Waals surface area contributed by atoms with E-state index in [9.17, 15) is 9.59 Å². The normalized spacial score (nSPS) is 9.67. The summed E-state index contributed by atoms with van der Waals surface area (Å²) in [6.07, 6.45) is 3.39. The topological polar surface area (TPSA) is 80.3 Å². The van der Waals surface area contributed by atoms with Crippen LogP contribution in [0.2, 0.25) is 0 Å². The van der Waals surface area contributed by atoms with Crippen molar-refractivity contribution >= 4 is 12.0 Å². The lowest BCUT2D eigenvalue weighted by molar-refractivity contribution is -0.141. The van der Waals surface area contributed by atoms with Crippen LogP contribution in [0, 0.1) is 6.92 Å². The summed E-state index contributed by atoms with van der Waals surface area (Å²) >= 11 is 0. The van der Waals surface area contributed by atoms with Gasteiger partial charge in [-0.1, -0.05) is 0 Å². The van der Waals surface area contributed by atoms with Crippen LogP contribution in [0.15, 0.2) is 18.5 Å². The average molecular weight is 251 g/mol. The fourth-order valence-electron chi connectivity index (χ4n) is 1.28. The number of aromatic nitrogens is 1. The Kier molecular flexibility index (Phi) is 5.63. The van der Waals surface area contributed by atoms with Crippen LogP contribution in [0.4, 0.5) is 4.79 Å². The smallest absolute Gasteiger partial charge is 0.325 e. The van der Waals surface area contributed by atoms with Gasteiger partial charge < -0.3 is 15.4 Å². The Labute approximate surface area is 106 Å². The average Bonchev–Trinajstić information content (AvgIpc) is 2.36. The predicted octanol–water partition coefficient (Wildman–Crippen LogP) is 0.752. The lowest BCUT2D eigenvalue weighted by Gasteiger charge is -2.08. The summed E-state index contributed by atoms with van der Waals surface area (Å²) < 4.78 is 4.68. The van der Waals surface area contributed by atoms with Crippen LogP contribution in [-0.4, -0.2) is 30.1 Å². The first-order valence-corrected chi connectivity index (χ1v) is 5.70. The molecule has 98 valence electrons. The Balaban J connectivity index is 2.29. The molecule has 0 aliphatic rings. The molecular weight excluding hydrogens is 234 g/mol. The van der Waals surface area contributed by atoms with Gasteiger partial charge in [0.2, 0.25) is 0 Å². The van der Waals surface area contributed by atoms with E-state index >= 15 is 0 Å². The quantitative estimate of drug-likeness (QED) is 0.757. The first kappa shape index (κ1) is 14.0. The van der Waals surface area contributed by atoms with E-state index in [0.29, 0.717) is 13.2 Å². The largest absolute Gasteiger partial charge is 0.465 e. The second-order valence-electron chi connectivity index (χ2n) is 3.64. The van der Waals surface area contributed by atoms with Crippen LogP contribution in [0.5, 0.6) is 0 Å². The molecule has 0 aliphatic heterocycles. The standard InChI is InChI=1S/C12H17N3O3/c1-3-18-11(16)8-15-12(17)14-7-10-6-13-5-4-9(10)2/h4-6H,3,7-8H2,1-2H3,(H2,14,15,17). The van der Waals surface area contributed by atoms with Crippen LogP contribution < -0.4 is 10.6 Å². The van der Waals surface area contributed by atoms with E-state index < -0.39 is 12.0 Å².